The smallest absolute Gasteiger partial charge is 0.251 e. The molecule has 22 heavy (non-hydrogen) atoms. The minimum atomic E-state index is -0.404. The summed E-state index contributed by atoms with van der Waals surface area (Å²) in [4.78, 5) is 11.9. The second kappa shape index (κ2) is 7.73. The van der Waals surface area contributed by atoms with E-state index in [1.807, 2.05) is 13.8 Å². The maximum Gasteiger partial charge on any atom is 0.251 e. The number of ether oxygens (including phenoxy) is 1. The lowest BCUT2D eigenvalue weighted by atomic mass is 9.93. The van der Waals surface area contributed by atoms with E-state index in [1.54, 1.807) is 6.07 Å². The van der Waals surface area contributed by atoms with Crippen molar-refractivity contribution in [1.29, 1.82) is 0 Å². The van der Waals surface area contributed by atoms with Gasteiger partial charge in [-0.1, -0.05) is 26.8 Å². The average Bonchev–Trinajstić information content (AvgIpc) is 2.36. The number of rotatable bonds is 7. The van der Waals surface area contributed by atoms with Crippen LogP contribution < -0.4 is 5.32 Å². The number of carbonyl (C=O) groups excluding carboxylic acids is 1. The van der Waals surface area contributed by atoms with Crippen LogP contribution in [0.2, 0.25) is 0 Å². The summed E-state index contributed by atoms with van der Waals surface area (Å²) in [6.45, 7) is 11.8. The summed E-state index contributed by atoms with van der Waals surface area (Å²) < 4.78 is 19.0. The lowest BCUT2D eigenvalue weighted by Crippen LogP contribution is -2.33. The van der Waals surface area contributed by atoms with E-state index >= 15 is 0 Å². The molecule has 1 aromatic carbocycles. The Morgan fingerprint density at radius 2 is 1.86 bits per heavy atom. The molecular formula is C18H28FNO2. The maximum absolute atomic E-state index is 13.1. The Morgan fingerprint density at radius 3 is 2.45 bits per heavy atom. The van der Waals surface area contributed by atoms with Crippen LogP contribution in [0.5, 0.6) is 0 Å². The van der Waals surface area contributed by atoms with Crippen LogP contribution in [0.1, 0.15) is 57.8 Å². The molecule has 0 spiro atoms. The third kappa shape index (κ3) is 7.55. The van der Waals surface area contributed by atoms with Crippen molar-refractivity contribution in [3.63, 3.8) is 0 Å². The molecule has 0 bridgehead atoms. The Balaban J connectivity index is 2.34. The maximum atomic E-state index is 13.1. The SMILES string of the molecule is CC(C)(C)CCOC(C)(C)CCNC(=O)c1cccc(F)c1. The van der Waals surface area contributed by atoms with Crippen molar-refractivity contribution in [2.24, 2.45) is 5.41 Å². The fraction of sp³-hybridized carbons (Fsp3) is 0.611. The van der Waals surface area contributed by atoms with Crippen molar-refractivity contribution in [2.75, 3.05) is 13.2 Å². The Kier molecular flexibility index (Phi) is 6.54. The lowest BCUT2D eigenvalue weighted by Gasteiger charge is -2.27. The molecule has 0 atom stereocenters. The second-order valence-electron chi connectivity index (χ2n) is 7.44. The zero-order chi connectivity index (χ0) is 16.8. The van der Waals surface area contributed by atoms with Crippen molar-refractivity contribution in [3.05, 3.63) is 35.6 Å². The van der Waals surface area contributed by atoms with E-state index in [0.717, 1.165) is 6.42 Å². The van der Waals surface area contributed by atoms with Crippen LogP contribution in [0, 0.1) is 11.2 Å². The summed E-state index contributed by atoms with van der Waals surface area (Å²) in [5.41, 5.74) is 0.300. The van der Waals surface area contributed by atoms with Gasteiger partial charge in [-0.15, -0.1) is 0 Å². The van der Waals surface area contributed by atoms with Gasteiger partial charge in [0.2, 0.25) is 0 Å². The van der Waals surface area contributed by atoms with Gasteiger partial charge in [0.15, 0.2) is 0 Å². The summed E-state index contributed by atoms with van der Waals surface area (Å²) >= 11 is 0. The van der Waals surface area contributed by atoms with Crippen LogP contribution in [0.15, 0.2) is 24.3 Å². The Labute approximate surface area is 133 Å². The van der Waals surface area contributed by atoms with Crippen LogP contribution in [0.4, 0.5) is 4.39 Å². The van der Waals surface area contributed by atoms with E-state index in [0.29, 0.717) is 25.1 Å². The Morgan fingerprint density at radius 1 is 1.18 bits per heavy atom. The normalized spacial score (nSPS) is 12.3. The van der Waals surface area contributed by atoms with Gasteiger partial charge < -0.3 is 10.1 Å². The first kappa shape index (κ1) is 18.6. The van der Waals surface area contributed by atoms with Gasteiger partial charge in [0, 0.05) is 18.7 Å². The molecule has 0 aliphatic heterocycles. The number of nitrogens with one attached hydrogen (secondary N) is 1. The first-order valence-corrected chi connectivity index (χ1v) is 7.77. The molecule has 0 radical (unpaired) electrons. The van der Waals surface area contributed by atoms with Crippen LogP contribution in [-0.4, -0.2) is 24.7 Å². The fourth-order valence-corrected chi connectivity index (χ4v) is 1.91. The predicted molar refractivity (Wildman–Crippen MR) is 87.5 cm³/mol. The van der Waals surface area contributed by atoms with Gasteiger partial charge in [-0.2, -0.15) is 0 Å². The van der Waals surface area contributed by atoms with Crippen molar-refractivity contribution < 1.29 is 13.9 Å². The van der Waals surface area contributed by atoms with E-state index in [-0.39, 0.29) is 16.9 Å². The predicted octanol–water partition coefficient (Wildman–Crippen LogP) is 4.18. The summed E-state index contributed by atoms with van der Waals surface area (Å²) in [5.74, 6) is -0.663. The van der Waals surface area contributed by atoms with Crippen LogP contribution in [0.25, 0.3) is 0 Å². The van der Waals surface area contributed by atoms with Gasteiger partial charge in [-0.05, 0) is 50.3 Å². The number of hydrogen-bond acceptors (Lipinski definition) is 2. The van der Waals surface area contributed by atoms with Gasteiger partial charge >= 0.3 is 0 Å². The highest BCUT2D eigenvalue weighted by Gasteiger charge is 2.20. The minimum Gasteiger partial charge on any atom is -0.375 e. The lowest BCUT2D eigenvalue weighted by molar-refractivity contribution is -0.0322. The molecule has 1 N–H and O–H groups in total. The van der Waals surface area contributed by atoms with E-state index in [9.17, 15) is 9.18 Å². The summed E-state index contributed by atoms with van der Waals surface area (Å²) in [5, 5.41) is 2.80. The monoisotopic (exact) mass is 309 g/mol. The highest BCUT2D eigenvalue weighted by atomic mass is 19.1. The standard InChI is InChI=1S/C18H28FNO2/c1-17(2,3)10-12-22-18(4,5)9-11-20-16(21)14-7-6-8-15(19)13-14/h6-8,13H,9-12H2,1-5H3,(H,20,21). The first-order valence-electron chi connectivity index (χ1n) is 7.77. The molecule has 4 heteroatoms. The molecule has 1 aromatic rings. The number of halogens is 1. The third-order valence-corrected chi connectivity index (χ3v) is 3.44. The van der Waals surface area contributed by atoms with Gasteiger partial charge in [0.1, 0.15) is 5.82 Å². The quantitative estimate of drug-likeness (QED) is 0.820. The van der Waals surface area contributed by atoms with Gasteiger partial charge in [-0.3, -0.25) is 4.79 Å². The average molecular weight is 309 g/mol. The van der Waals surface area contributed by atoms with E-state index in [2.05, 4.69) is 26.1 Å². The summed E-state index contributed by atoms with van der Waals surface area (Å²) in [6, 6.07) is 5.69. The molecule has 0 heterocycles. The van der Waals surface area contributed by atoms with Crippen molar-refractivity contribution in [1.82, 2.24) is 5.32 Å². The van der Waals surface area contributed by atoms with Gasteiger partial charge in [-0.25, -0.2) is 4.39 Å². The zero-order valence-electron chi connectivity index (χ0n) is 14.3. The van der Waals surface area contributed by atoms with E-state index < -0.39 is 5.82 Å². The van der Waals surface area contributed by atoms with Crippen LogP contribution in [-0.2, 0) is 4.74 Å². The molecule has 0 aliphatic carbocycles. The van der Waals surface area contributed by atoms with Crippen LogP contribution in [0.3, 0.4) is 0 Å². The molecule has 0 fully saturated rings. The topological polar surface area (TPSA) is 38.3 Å². The molecule has 0 aromatic heterocycles. The van der Waals surface area contributed by atoms with Crippen molar-refractivity contribution in [2.45, 2.75) is 53.1 Å². The number of carbonyl (C=O) groups is 1. The zero-order valence-corrected chi connectivity index (χ0v) is 14.3. The molecule has 124 valence electrons. The van der Waals surface area contributed by atoms with E-state index in [1.165, 1.54) is 18.2 Å². The van der Waals surface area contributed by atoms with Gasteiger partial charge in [0.05, 0.1) is 5.60 Å². The fourth-order valence-electron chi connectivity index (χ4n) is 1.91. The number of amides is 1. The van der Waals surface area contributed by atoms with Crippen molar-refractivity contribution in [3.8, 4) is 0 Å². The third-order valence-electron chi connectivity index (χ3n) is 3.44. The molecule has 3 nitrogen and oxygen atoms in total. The molecule has 1 amide bonds. The highest BCUT2D eigenvalue weighted by Crippen LogP contribution is 2.21. The van der Waals surface area contributed by atoms with Crippen molar-refractivity contribution >= 4 is 5.91 Å². The molecule has 0 saturated carbocycles. The molecular weight excluding hydrogens is 281 g/mol. The summed E-state index contributed by atoms with van der Waals surface area (Å²) in [7, 11) is 0. The molecule has 0 aliphatic rings. The Hall–Kier alpha value is -1.42. The van der Waals surface area contributed by atoms with Crippen LogP contribution >= 0.6 is 0 Å². The molecule has 1 rings (SSSR count). The summed E-state index contributed by atoms with van der Waals surface area (Å²) in [6.07, 6.45) is 1.70. The number of benzene rings is 1. The first-order chi connectivity index (χ1) is 10.1. The number of hydrogen-bond donors (Lipinski definition) is 1. The van der Waals surface area contributed by atoms with E-state index in [4.69, 9.17) is 4.74 Å². The highest BCUT2D eigenvalue weighted by molar-refractivity contribution is 5.94. The largest absolute Gasteiger partial charge is 0.375 e. The van der Waals surface area contributed by atoms with Gasteiger partial charge in [0.25, 0.3) is 5.91 Å². The minimum absolute atomic E-state index is 0.252. The molecule has 0 unspecified atom stereocenters. The Bertz CT molecular complexity index is 492. The molecule has 0 saturated heterocycles. The second-order valence-corrected chi connectivity index (χ2v) is 7.44.